The third-order valence-electron chi connectivity index (χ3n) is 4.14. The minimum absolute atomic E-state index is 0.432. The molecule has 3 nitrogen and oxygen atoms in total. The standard InChI is InChI=1S/C17H28N2O/c1-3-10-19(12-15-6-8-18-9-7-15)13-16-11-14(2)4-5-17(16)20/h4-5,11,15,18,20H,3,6-10,12-13H2,1-2H3. The topological polar surface area (TPSA) is 35.5 Å². The zero-order valence-corrected chi connectivity index (χ0v) is 12.9. The highest BCUT2D eigenvalue weighted by molar-refractivity contribution is 5.35. The van der Waals surface area contributed by atoms with Crippen LogP contribution < -0.4 is 5.32 Å². The van der Waals surface area contributed by atoms with Gasteiger partial charge in [-0.25, -0.2) is 0 Å². The Bertz CT molecular complexity index is 413. The molecule has 3 heteroatoms. The van der Waals surface area contributed by atoms with Crippen LogP contribution in [0, 0.1) is 12.8 Å². The van der Waals surface area contributed by atoms with Gasteiger partial charge < -0.3 is 10.4 Å². The molecule has 0 atom stereocenters. The van der Waals surface area contributed by atoms with E-state index in [1.807, 2.05) is 12.1 Å². The van der Waals surface area contributed by atoms with Crippen molar-refractivity contribution in [2.45, 2.75) is 39.7 Å². The van der Waals surface area contributed by atoms with E-state index in [2.05, 4.69) is 30.1 Å². The van der Waals surface area contributed by atoms with Crippen molar-refractivity contribution < 1.29 is 5.11 Å². The van der Waals surface area contributed by atoms with Gasteiger partial charge in [0.2, 0.25) is 0 Å². The number of phenols is 1. The molecule has 1 aliphatic heterocycles. The molecule has 1 aliphatic rings. The Morgan fingerprint density at radius 3 is 2.75 bits per heavy atom. The number of nitrogens with one attached hydrogen (secondary N) is 1. The molecule has 0 amide bonds. The summed E-state index contributed by atoms with van der Waals surface area (Å²) >= 11 is 0. The summed E-state index contributed by atoms with van der Waals surface area (Å²) in [6.45, 7) is 9.75. The van der Waals surface area contributed by atoms with Gasteiger partial charge >= 0.3 is 0 Å². The number of benzene rings is 1. The maximum absolute atomic E-state index is 10.0. The second kappa shape index (κ2) is 7.65. The van der Waals surface area contributed by atoms with Crippen LogP contribution in [0.25, 0.3) is 0 Å². The second-order valence-corrected chi connectivity index (χ2v) is 6.06. The van der Waals surface area contributed by atoms with Gasteiger partial charge in [0, 0.05) is 18.7 Å². The molecule has 1 aromatic carbocycles. The molecule has 0 aliphatic carbocycles. The summed E-state index contributed by atoms with van der Waals surface area (Å²) in [6, 6.07) is 5.90. The van der Waals surface area contributed by atoms with Gasteiger partial charge in [0.1, 0.15) is 5.75 Å². The first-order valence-corrected chi connectivity index (χ1v) is 7.90. The van der Waals surface area contributed by atoms with E-state index in [-0.39, 0.29) is 0 Å². The van der Waals surface area contributed by atoms with Crippen molar-refractivity contribution in [3.8, 4) is 5.75 Å². The van der Waals surface area contributed by atoms with Gasteiger partial charge in [-0.2, -0.15) is 0 Å². The summed E-state index contributed by atoms with van der Waals surface area (Å²) in [4.78, 5) is 2.50. The zero-order valence-electron chi connectivity index (χ0n) is 12.9. The zero-order chi connectivity index (χ0) is 14.4. The second-order valence-electron chi connectivity index (χ2n) is 6.06. The summed E-state index contributed by atoms with van der Waals surface area (Å²) in [6.07, 6.45) is 3.72. The number of phenolic OH excluding ortho intramolecular Hbond substituents is 1. The predicted octanol–water partition coefficient (Wildman–Crippen LogP) is 2.91. The summed E-state index contributed by atoms with van der Waals surface area (Å²) in [5, 5.41) is 13.4. The van der Waals surface area contributed by atoms with E-state index in [0.717, 1.165) is 50.6 Å². The molecule has 20 heavy (non-hydrogen) atoms. The van der Waals surface area contributed by atoms with Gasteiger partial charge in [0.15, 0.2) is 0 Å². The van der Waals surface area contributed by atoms with E-state index < -0.39 is 0 Å². The van der Waals surface area contributed by atoms with Crippen molar-refractivity contribution >= 4 is 0 Å². The van der Waals surface area contributed by atoms with E-state index >= 15 is 0 Å². The highest BCUT2D eigenvalue weighted by atomic mass is 16.3. The molecule has 0 bridgehead atoms. The Labute approximate surface area is 123 Å². The van der Waals surface area contributed by atoms with Crippen LogP contribution in [0.3, 0.4) is 0 Å². The van der Waals surface area contributed by atoms with Crippen LogP contribution in [0.4, 0.5) is 0 Å². The molecule has 1 heterocycles. The van der Waals surface area contributed by atoms with E-state index in [1.54, 1.807) is 0 Å². The molecule has 0 radical (unpaired) electrons. The maximum atomic E-state index is 10.0. The lowest BCUT2D eigenvalue weighted by atomic mass is 9.97. The molecule has 0 aromatic heterocycles. The fourth-order valence-corrected chi connectivity index (χ4v) is 3.06. The van der Waals surface area contributed by atoms with Gasteiger partial charge in [0.25, 0.3) is 0 Å². The lowest BCUT2D eigenvalue weighted by Gasteiger charge is -2.30. The minimum Gasteiger partial charge on any atom is -0.508 e. The summed E-state index contributed by atoms with van der Waals surface area (Å²) in [5.41, 5.74) is 2.28. The number of aryl methyl sites for hydroxylation is 1. The molecule has 1 saturated heterocycles. The van der Waals surface area contributed by atoms with Crippen LogP contribution in [0.15, 0.2) is 18.2 Å². The van der Waals surface area contributed by atoms with E-state index in [9.17, 15) is 5.11 Å². The van der Waals surface area contributed by atoms with Crippen LogP contribution in [0.5, 0.6) is 5.75 Å². The van der Waals surface area contributed by atoms with Crippen molar-refractivity contribution in [2.24, 2.45) is 5.92 Å². The van der Waals surface area contributed by atoms with Crippen molar-refractivity contribution in [3.05, 3.63) is 29.3 Å². The average Bonchev–Trinajstić information content (AvgIpc) is 2.44. The largest absolute Gasteiger partial charge is 0.508 e. The van der Waals surface area contributed by atoms with Gasteiger partial charge in [-0.1, -0.05) is 24.6 Å². The number of nitrogens with zero attached hydrogens (tertiary/aromatic N) is 1. The Kier molecular flexibility index (Phi) is 5.86. The van der Waals surface area contributed by atoms with Crippen molar-refractivity contribution in [1.82, 2.24) is 10.2 Å². The first kappa shape index (κ1) is 15.3. The minimum atomic E-state index is 0.432. The van der Waals surface area contributed by atoms with Gasteiger partial charge in [-0.3, -0.25) is 4.90 Å². The van der Waals surface area contributed by atoms with Crippen molar-refractivity contribution in [1.29, 1.82) is 0 Å². The summed E-state index contributed by atoms with van der Waals surface area (Å²) in [5.74, 6) is 1.23. The molecule has 0 unspecified atom stereocenters. The first-order valence-electron chi connectivity index (χ1n) is 7.90. The molecule has 2 rings (SSSR count). The third-order valence-corrected chi connectivity index (χ3v) is 4.14. The Balaban J connectivity index is 1.98. The lowest BCUT2D eigenvalue weighted by Crippen LogP contribution is -2.36. The van der Waals surface area contributed by atoms with E-state index in [1.165, 1.54) is 18.4 Å². The molecule has 0 spiro atoms. The number of hydrogen-bond donors (Lipinski definition) is 2. The third kappa shape index (κ3) is 4.50. The summed E-state index contributed by atoms with van der Waals surface area (Å²) in [7, 11) is 0. The fraction of sp³-hybridized carbons (Fsp3) is 0.647. The highest BCUT2D eigenvalue weighted by Crippen LogP contribution is 2.22. The monoisotopic (exact) mass is 276 g/mol. The van der Waals surface area contributed by atoms with Crippen LogP contribution in [0.2, 0.25) is 0 Å². The molecular formula is C17H28N2O. The van der Waals surface area contributed by atoms with Crippen molar-refractivity contribution in [3.63, 3.8) is 0 Å². The fourth-order valence-electron chi connectivity index (χ4n) is 3.06. The van der Waals surface area contributed by atoms with Crippen molar-refractivity contribution in [2.75, 3.05) is 26.2 Å². The predicted molar refractivity (Wildman–Crippen MR) is 84.0 cm³/mol. The average molecular weight is 276 g/mol. The van der Waals surface area contributed by atoms with E-state index in [0.29, 0.717) is 5.75 Å². The quantitative estimate of drug-likeness (QED) is 0.838. The van der Waals surface area contributed by atoms with Crippen LogP contribution in [-0.2, 0) is 6.54 Å². The Hall–Kier alpha value is -1.06. The number of aromatic hydroxyl groups is 1. The lowest BCUT2D eigenvalue weighted by molar-refractivity contribution is 0.197. The summed E-state index contributed by atoms with van der Waals surface area (Å²) < 4.78 is 0. The molecule has 0 saturated carbocycles. The maximum Gasteiger partial charge on any atom is 0.120 e. The Morgan fingerprint density at radius 1 is 1.30 bits per heavy atom. The molecule has 1 fully saturated rings. The van der Waals surface area contributed by atoms with Gasteiger partial charge in [0.05, 0.1) is 0 Å². The molecular weight excluding hydrogens is 248 g/mol. The number of hydrogen-bond acceptors (Lipinski definition) is 3. The number of rotatable bonds is 6. The highest BCUT2D eigenvalue weighted by Gasteiger charge is 2.17. The number of piperidine rings is 1. The van der Waals surface area contributed by atoms with Gasteiger partial charge in [-0.05, 0) is 57.8 Å². The smallest absolute Gasteiger partial charge is 0.120 e. The normalized spacial score (nSPS) is 16.8. The molecule has 1 aromatic rings. The van der Waals surface area contributed by atoms with E-state index in [4.69, 9.17) is 0 Å². The molecule has 112 valence electrons. The van der Waals surface area contributed by atoms with Crippen LogP contribution in [-0.4, -0.2) is 36.2 Å². The Morgan fingerprint density at radius 2 is 2.05 bits per heavy atom. The van der Waals surface area contributed by atoms with Crippen LogP contribution >= 0.6 is 0 Å². The van der Waals surface area contributed by atoms with Gasteiger partial charge in [-0.15, -0.1) is 0 Å². The first-order chi connectivity index (χ1) is 9.69. The molecule has 2 N–H and O–H groups in total. The van der Waals surface area contributed by atoms with Crippen LogP contribution in [0.1, 0.15) is 37.3 Å². The SMILES string of the molecule is CCCN(Cc1cc(C)ccc1O)CC1CCNCC1.